The van der Waals surface area contributed by atoms with Gasteiger partial charge in [-0.1, -0.05) is 40.0 Å². The number of carbonyl (C=O) groups is 3. The smallest absolute Gasteiger partial charge is 0.416 e. The summed E-state index contributed by atoms with van der Waals surface area (Å²) in [4.78, 5) is 38.5. The summed E-state index contributed by atoms with van der Waals surface area (Å²) in [5.74, 6) is -1.17. The van der Waals surface area contributed by atoms with Crippen LogP contribution < -0.4 is 0 Å². The van der Waals surface area contributed by atoms with Crippen molar-refractivity contribution < 1.29 is 23.9 Å². The van der Waals surface area contributed by atoms with Crippen LogP contribution in [0, 0.1) is 11.8 Å². The molecule has 0 spiro atoms. The van der Waals surface area contributed by atoms with Crippen molar-refractivity contribution in [2.24, 2.45) is 11.8 Å². The van der Waals surface area contributed by atoms with Crippen LogP contribution in [0.15, 0.2) is 0 Å². The van der Waals surface area contributed by atoms with E-state index in [1.165, 1.54) is 4.90 Å². The second-order valence-electron chi connectivity index (χ2n) is 8.08. The average molecular weight is 355 g/mol. The lowest BCUT2D eigenvalue weighted by Gasteiger charge is -2.27. The zero-order chi connectivity index (χ0) is 19.2. The number of unbranched alkanes of at least 4 members (excludes halogenated alkanes) is 2. The Hall–Kier alpha value is -1.59. The summed E-state index contributed by atoms with van der Waals surface area (Å²) in [5.41, 5.74) is -0.596. The third kappa shape index (κ3) is 6.67. The van der Waals surface area contributed by atoms with Crippen molar-refractivity contribution in [2.75, 3.05) is 6.61 Å². The van der Waals surface area contributed by atoms with E-state index in [4.69, 9.17) is 9.47 Å². The first kappa shape index (κ1) is 21.5. The molecule has 1 fully saturated rings. The van der Waals surface area contributed by atoms with Crippen LogP contribution in [0.2, 0.25) is 0 Å². The van der Waals surface area contributed by atoms with Crippen molar-refractivity contribution in [1.29, 1.82) is 0 Å². The molecule has 0 saturated carbocycles. The van der Waals surface area contributed by atoms with E-state index in [2.05, 4.69) is 6.92 Å². The minimum absolute atomic E-state index is 0.00554. The number of carbonyl (C=O) groups excluding carboxylic acids is 3. The van der Waals surface area contributed by atoms with Gasteiger partial charge in [-0.15, -0.1) is 0 Å². The third-order valence-electron chi connectivity index (χ3n) is 4.25. The number of esters is 1. The number of cyclic esters (lactones) is 1. The van der Waals surface area contributed by atoms with Gasteiger partial charge in [0.1, 0.15) is 12.2 Å². The van der Waals surface area contributed by atoms with Gasteiger partial charge in [0.2, 0.25) is 5.91 Å². The Bertz CT molecular complexity index is 481. The zero-order valence-electron chi connectivity index (χ0n) is 16.5. The van der Waals surface area contributed by atoms with E-state index in [9.17, 15) is 14.4 Å². The van der Waals surface area contributed by atoms with Gasteiger partial charge in [-0.3, -0.25) is 9.59 Å². The predicted octanol–water partition coefficient (Wildman–Crippen LogP) is 3.92. The Morgan fingerprint density at radius 2 is 1.92 bits per heavy atom. The molecule has 25 heavy (non-hydrogen) atoms. The largest absolute Gasteiger partial charge is 0.460 e. The maximum atomic E-state index is 13.0. The predicted molar refractivity (Wildman–Crippen MR) is 94.9 cm³/mol. The van der Waals surface area contributed by atoms with E-state index in [0.717, 1.165) is 19.3 Å². The van der Waals surface area contributed by atoms with Crippen molar-refractivity contribution in [3.63, 3.8) is 0 Å². The van der Waals surface area contributed by atoms with E-state index < -0.39 is 23.6 Å². The molecule has 1 heterocycles. The van der Waals surface area contributed by atoms with Crippen molar-refractivity contribution in [3.05, 3.63) is 0 Å². The summed E-state index contributed by atoms with van der Waals surface area (Å²) >= 11 is 0. The molecule has 0 aromatic carbocycles. The number of hydrogen-bond donors (Lipinski definition) is 0. The number of imide groups is 1. The van der Waals surface area contributed by atoms with E-state index in [1.54, 1.807) is 20.8 Å². The summed E-state index contributed by atoms with van der Waals surface area (Å²) < 4.78 is 10.4. The highest BCUT2D eigenvalue weighted by Crippen LogP contribution is 2.26. The number of rotatable bonds is 8. The fraction of sp³-hybridized carbons (Fsp3) is 0.842. The van der Waals surface area contributed by atoms with E-state index in [0.29, 0.717) is 6.42 Å². The molecule has 6 heteroatoms. The Morgan fingerprint density at radius 1 is 1.28 bits per heavy atom. The highest BCUT2D eigenvalue weighted by molar-refractivity contribution is 5.96. The summed E-state index contributed by atoms with van der Waals surface area (Å²) in [6.45, 7) is 11.6. The van der Waals surface area contributed by atoms with Crippen LogP contribution in [0.1, 0.15) is 73.6 Å². The second-order valence-corrected chi connectivity index (χ2v) is 8.08. The molecule has 0 aliphatic carbocycles. The van der Waals surface area contributed by atoms with Crippen LogP contribution in [-0.4, -0.2) is 41.1 Å². The Labute approximate surface area is 151 Å². The van der Waals surface area contributed by atoms with Crippen molar-refractivity contribution in [3.8, 4) is 0 Å². The van der Waals surface area contributed by atoms with Crippen LogP contribution >= 0.6 is 0 Å². The van der Waals surface area contributed by atoms with Crippen LogP contribution in [-0.2, 0) is 19.1 Å². The first-order valence-electron chi connectivity index (χ1n) is 9.28. The van der Waals surface area contributed by atoms with Gasteiger partial charge in [-0.05, 0) is 33.1 Å². The summed E-state index contributed by atoms with van der Waals surface area (Å²) in [7, 11) is 0. The number of amides is 2. The molecule has 1 aliphatic rings. The van der Waals surface area contributed by atoms with Gasteiger partial charge < -0.3 is 9.47 Å². The molecule has 2 amide bonds. The van der Waals surface area contributed by atoms with E-state index >= 15 is 0 Å². The SMILES string of the molecule is CCCCCC(CC(=O)OC(C)(C)C)C(=O)N1C(=O)OC[C@@H]1C(C)C. The maximum Gasteiger partial charge on any atom is 0.416 e. The van der Waals surface area contributed by atoms with Gasteiger partial charge >= 0.3 is 12.1 Å². The molecule has 144 valence electrons. The first-order chi connectivity index (χ1) is 11.6. The molecule has 1 saturated heterocycles. The minimum atomic E-state index is -0.603. The number of nitrogens with zero attached hydrogens (tertiary/aromatic N) is 1. The third-order valence-corrected chi connectivity index (χ3v) is 4.25. The molecule has 0 bridgehead atoms. The maximum absolute atomic E-state index is 13.0. The fourth-order valence-corrected chi connectivity index (χ4v) is 2.91. The van der Waals surface area contributed by atoms with Gasteiger partial charge in [-0.2, -0.15) is 0 Å². The first-order valence-corrected chi connectivity index (χ1v) is 9.28. The summed E-state index contributed by atoms with van der Waals surface area (Å²) in [6, 6.07) is -0.271. The summed E-state index contributed by atoms with van der Waals surface area (Å²) in [6.07, 6.45) is 2.80. The molecule has 0 aromatic heterocycles. The lowest BCUT2D eigenvalue weighted by Crippen LogP contribution is -2.45. The zero-order valence-corrected chi connectivity index (χ0v) is 16.5. The highest BCUT2D eigenvalue weighted by Gasteiger charge is 2.42. The normalized spacial score (nSPS) is 19.1. The van der Waals surface area contributed by atoms with E-state index in [-0.39, 0.29) is 30.9 Å². The molecule has 6 nitrogen and oxygen atoms in total. The van der Waals surface area contributed by atoms with E-state index in [1.807, 2.05) is 13.8 Å². The molecule has 1 rings (SSSR count). The standard InChI is InChI=1S/C19H33NO5/c1-7-8-9-10-14(11-16(21)25-19(4,5)6)17(22)20-15(13(2)3)12-24-18(20)23/h13-15H,7-12H2,1-6H3/t14?,15-/m1/s1. The highest BCUT2D eigenvalue weighted by atomic mass is 16.6. The lowest BCUT2D eigenvalue weighted by molar-refractivity contribution is -0.158. The monoisotopic (exact) mass is 355 g/mol. The number of ether oxygens (including phenoxy) is 2. The van der Waals surface area contributed by atoms with Gasteiger partial charge in [0.05, 0.1) is 12.5 Å². The number of hydrogen-bond acceptors (Lipinski definition) is 5. The Morgan fingerprint density at radius 3 is 2.44 bits per heavy atom. The minimum Gasteiger partial charge on any atom is -0.460 e. The van der Waals surface area contributed by atoms with Crippen molar-refractivity contribution in [2.45, 2.75) is 85.3 Å². The molecular formula is C19H33NO5. The average Bonchev–Trinajstić information content (AvgIpc) is 2.85. The van der Waals surface area contributed by atoms with Gasteiger partial charge in [0.15, 0.2) is 0 Å². The van der Waals surface area contributed by atoms with Gasteiger partial charge in [-0.25, -0.2) is 9.69 Å². The molecule has 0 radical (unpaired) electrons. The van der Waals surface area contributed by atoms with Crippen molar-refractivity contribution in [1.82, 2.24) is 4.90 Å². The molecular weight excluding hydrogens is 322 g/mol. The fourth-order valence-electron chi connectivity index (χ4n) is 2.91. The molecule has 0 N–H and O–H groups in total. The topological polar surface area (TPSA) is 72.9 Å². The van der Waals surface area contributed by atoms with Crippen LogP contribution in [0.5, 0.6) is 0 Å². The van der Waals surface area contributed by atoms with Crippen molar-refractivity contribution >= 4 is 18.0 Å². The molecule has 0 aromatic rings. The summed E-state index contributed by atoms with van der Waals surface area (Å²) in [5, 5.41) is 0. The lowest BCUT2D eigenvalue weighted by atomic mass is 9.94. The Balaban J connectivity index is 2.87. The van der Waals surface area contributed by atoms with Gasteiger partial charge in [0.25, 0.3) is 0 Å². The van der Waals surface area contributed by atoms with Crippen LogP contribution in [0.3, 0.4) is 0 Å². The Kier molecular flexibility index (Phi) is 7.90. The van der Waals surface area contributed by atoms with Crippen LogP contribution in [0.4, 0.5) is 4.79 Å². The quantitative estimate of drug-likeness (QED) is 0.487. The van der Waals surface area contributed by atoms with Gasteiger partial charge in [0, 0.05) is 5.92 Å². The second kappa shape index (κ2) is 9.20. The molecule has 1 unspecified atom stereocenters. The molecule has 2 atom stereocenters. The van der Waals surface area contributed by atoms with Crippen LogP contribution in [0.25, 0.3) is 0 Å². The molecule has 1 aliphatic heterocycles.